The molecule has 0 unspecified atom stereocenters. The molecule has 1 aromatic heterocycles. The zero-order valence-electron chi connectivity index (χ0n) is 12.5. The third kappa shape index (κ3) is 3.41. The number of methoxy groups -OCH3 is 1. The van der Waals surface area contributed by atoms with Crippen molar-refractivity contribution in [3.8, 4) is 11.4 Å². The zero-order valence-corrected chi connectivity index (χ0v) is 15.0. The molecule has 0 aliphatic rings. The summed E-state index contributed by atoms with van der Waals surface area (Å²) in [5.41, 5.74) is 1.23. The fourth-order valence-electron chi connectivity index (χ4n) is 2.05. The van der Waals surface area contributed by atoms with E-state index in [2.05, 4.69) is 30.7 Å². The van der Waals surface area contributed by atoms with Gasteiger partial charge in [0.25, 0.3) is 10.0 Å². The largest absolute Gasteiger partial charge is 0.496 e. The number of halogens is 1. The van der Waals surface area contributed by atoms with E-state index in [1.54, 1.807) is 41.3 Å². The van der Waals surface area contributed by atoms with Crippen LogP contribution in [0.25, 0.3) is 5.69 Å². The van der Waals surface area contributed by atoms with Gasteiger partial charge in [-0.15, -0.1) is 0 Å². The van der Waals surface area contributed by atoms with Crippen molar-refractivity contribution >= 4 is 31.6 Å². The lowest BCUT2D eigenvalue weighted by Crippen LogP contribution is -2.13. The number of aromatic nitrogens is 3. The molecule has 0 aliphatic heterocycles. The van der Waals surface area contributed by atoms with E-state index in [-0.39, 0.29) is 4.90 Å². The van der Waals surface area contributed by atoms with Gasteiger partial charge in [-0.1, -0.05) is 0 Å². The Balaban J connectivity index is 1.83. The van der Waals surface area contributed by atoms with Gasteiger partial charge in [-0.2, -0.15) is 5.10 Å². The Hall–Kier alpha value is -2.39. The minimum atomic E-state index is -3.70. The van der Waals surface area contributed by atoms with E-state index in [4.69, 9.17) is 4.74 Å². The number of ether oxygens (including phenoxy) is 1. The summed E-state index contributed by atoms with van der Waals surface area (Å²) in [5, 5.41) is 4.01. The van der Waals surface area contributed by atoms with Gasteiger partial charge in [-0.3, -0.25) is 4.72 Å². The number of nitrogens with one attached hydrogen (secondary N) is 1. The number of rotatable bonds is 5. The fraction of sp³-hybridized carbons (Fsp3) is 0.0667. The molecular formula is C15H13BrN4O3S. The molecule has 0 saturated heterocycles. The number of sulfonamides is 1. The Morgan fingerprint density at radius 2 is 1.92 bits per heavy atom. The van der Waals surface area contributed by atoms with Crippen molar-refractivity contribution in [3.05, 3.63) is 59.6 Å². The Labute approximate surface area is 147 Å². The fourth-order valence-corrected chi connectivity index (χ4v) is 3.83. The maximum atomic E-state index is 12.5. The molecule has 3 aromatic rings. The smallest absolute Gasteiger partial charge is 0.261 e. The monoisotopic (exact) mass is 408 g/mol. The molecule has 7 nitrogen and oxygen atoms in total. The third-order valence-electron chi connectivity index (χ3n) is 3.24. The van der Waals surface area contributed by atoms with Crippen LogP contribution in [0.1, 0.15) is 0 Å². The van der Waals surface area contributed by atoms with Crippen LogP contribution in [0, 0.1) is 0 Å². The Bertz CT molecular complexity index is 941. The van der Waals surface area contributed by atoms with Gasteiger partial charge in [0.2, 0.25) is 0 Å². The van der Waals surface area contributed by atoms with Crippen molar-refractivity contribution in [3.63, 3.8) is 0 Å². The van der Waals surface area contributed by atoms with Crippen LogP contribution in [0.15, 0.2) is 64.5 Å². The van der Waals surface area contributed by atoms with Crippen LogP contribution in [0.4, 0.5) is 5.69 Å². The molecule has 0 radical (unpaired) electrons. The summed E-state index contributed by atoms with van der Waals surface area (Å²) in [5.74, 6) is 0.561. The summed E-state index contributed by atoms with van der Waals surface area (Å²) in [4.78, 5) is 4.00. The van der Waals surface area contributed by atoms with E-state index in [1.165, 1.54) is 25.6 Å². The second kappa shape index (κ2) is 6.62. The van der Waals surface area contributed by atoms with Gasteiger partial charge in [-0.25, -0.2) is 18.1 Å². The van der Waals surface area contributed by atoms with Crippen LogP contribution in [0.5, 0.6) is 5.75 Å². The first-order valence-electron chi connectivity index (χ1n) is 6.81. The van der Waals surface area contributed by atoms with Gasteiger partial charge in [0, 0.05) is 5.69 Å². The van der Waals surface area contributed by atoms with E-state index in [0.29, 0.717) is 15.9 Å². The summed E-state index contributed by atoms with van der Waals surface area (Å²) >= 11 is 3.28. The van der Waals surface area contributed by atoms with Crippen LogP contribution < -0.4 is 9.46 Å². The molecule has 1 N–H and O–H groups in total. The van der Waals surface area contributed by atoms with E-state index < -0.39 is 10.0 Å². The van der Waals surface area contributed by atoms with Crippen LogP contribution in [-0.4, -0.2) is 30.3 Å². The van der Waals surface area contributed by atoms with E-state index in [1.807, 2.05) is 0 Å². The first-order valence-corrected chi connectivity index (χ1v) is 9.08. The number of hydrogen-bond acceptors (Lipinski definition) is 5. The summed E-state index contributed by atoms with van der Waals surface area (Å²) in [6, 6.07) is 11.4. The Kier molecular flexibility index (Phi) is 4.54. The molecule has 0 fully saturated rings. The van der Waals surface area contributed by atoms with Crippen molar-refractivity contribution in [2.45, 2.75) is 4.90 Å². The molecule has 0 atom stereocenters. The third-order valence-corrected chi connectivity index (χ3v) is 5.24. The summed E-state index contributed by atoms with van der Waals surface area (Å²) < 4.78 is 34.7. The summed E-state index contributed by atoms with van der Waals surface area (Å²) in [6.07, 6.45) is 2.99. The first-order chi connectivity index (χ1) is 11.5. The van der Waals surface area contributed by atoms with E-state index >= 15 is 0 Å². The lowest BCUT2D eigenvalue weighted by atomic mass is 10.3. The molecule has 1 heterocycles. The maximum absolute atomic E-state index is 12.5. The predicted octanol–water partition coefficient (Wildman–Crippen LogP) is 2.84. The van der Waals surface area contributed by atoms with Crippen molar-refractivity contribution in [1.82, 2.24) is 14.8 Å². The zero-order chi connectivity index (χ0) is 17.2. The lowest BCUT2D eigenvalue weighted by Gasteiger charge is -2.10. The number of benzene rings is 2. The van der Waals surface area contributed by atoms with Gasteiger partial charge in [0.1, 0.15) is 18.4 Å². The first kappa shape index (κ1) is 16.5. The molecule has 3 rings (SSSR count). The van der Waals surface area contributed by atoms with Crippen LogP contribution in [-0.2, 0) is 10.0 Å². The van der Waals surface area contributed by atoms with Crippen LogP contribution in [0.2, 0.25) is 0 Å². The standard InChI is InChI=1S/C15H13BrN4O3S/c1-23-15-7-6-13(8-14(15)16)24(21,22)19-11-2-4-12(5-3-11)20-10-17-9-18-20/h2-10,19H,1H3. The molecule has 0 aliphatic carbocycles. The van der Waals surface area contributed by atoms with Crippen molar-refractivity contribution < 1.29 is 13.2 Å². The van der Waals surface area contributed by atoms with Crippen molar-refractivity contribution in [1.29, 1.82) is 0 Å². The summed E-state index contributed by atoms with van der Waals surface area (Å²) in [7, 11) is -2.18. The average molecular weight is 409 g/mol. The molecule has 2 aromatic carbocycles. The Morgan fingerprint density at radius 1 is 1.17 bits per heavy atom. The molecule has 9 heteroatoms. The van der Waals surface area contributed by atoms with Gasteiger partial charge < -0.3 is 4.74 Å². The van der Waals surface area contributed by atoms with Gasteiger partial charge in [-0.05, 0) is 58.4 Å². The molecule has 24 heavy (non-hydrogen) atoms. The second-order valence-corrected chi connectivity index (χ2v) is 7.33. The van der Waals surface area contributed by atoms with Gasteiger partial charge in [0.05, 0.1) is 22.2 Å². The van der Waals surface area contributed by atoms with Gasteiger partial charge >= 0.3 is 0 Å². The molecule has 0 saturated carbocycles. The van der Waals surface area contributed by atoms with Crippen LogP contribution in [0.3, 0.4) is 0 Å². The molecule has 0 spiro atoms. The average Bonchev–Trinajstić information content (AvgIpc) is 3.09. The lowest BCUT2D eigenvalue weighted by molar-refractivity contribution is 0.411. The minimum Gasteiger partial charge on any atom is -0.496 e. The molecule has 0 amide bonds. The van der Waals surface area contributed by atoms with Crippen LogP contribution >= 0.6 is 15.9 Å². The van der Waals surface area contributed by atoms with Crippen molar-refractivity contribution in [2.24, 2.45) is 0 Å². The van der Waals surface area contributed by atoms with E-state index in [0.717, 1.165) is 5.69 Å². The minimum absolute atomic E-state index is 0.135. The predicted molar refractivity (Wildman–Crippen MR) is 92.9 cm³/mol. The molecular weight excluding hydrogens is 396 g/mol. The highest BCUT2D eigenvalue weighted by Gasteiger charge is 2.16. The highest BCUT2D eigenvalue weighted by atomic mass is 79.9. The van der Waals surface area contributed by atoms with E-state index in [9.17, 15) is 8.42 Å². The number of hydrogen-bond donors (Lipinski definition) is 1. The number of nitrogens with zero attached hydrogens (tertiary/aromatic N) is 3. The summed E-state index contributed by atoms with van der Waals surface area (Å²) in [6.45, 7) is 0. The highest BCUT2D eigenvalue weighted by molar-refractivity contribution is 9.10. The molecule has 0 bridgehead atoms. The second-order valence-electron chi connectivity index (χ2n) is 4.79. The topological polar surface area (TPSA) is 86.1 Å². The number of anilines is 1. The molecule has 124 valence electrons. The quantitative estimate of drug-likeness (QED) is 0.701. The van der Waals surface area contributed by atoms with Crippen molar-refractivity contribution in [2.75, 3.05) is 11.8 Å². The normalized spacial score (nSPS) is 11.2. The maximum Gasteiger partial charge on any atom is 0.261 e. The Morgan fingerprint density at radius 3 is 2.50 bits per heavy atom. The SMILES string of the molecule is COc1ccc(S(=O)(=O)Nc2ccc(-n3cncn3)cc2)cc1Br. The van der Waals surface area contributed by atoms with Gasteiger partial charge in [0.15, 0.2) is 0 Å². The highest BCUT2D eigenvalue weighted by Crippen LogP contribution is 2.28.